The van der Waals surface area contributed by atoms with Crippen LogP contribution in [0.3, 0.4) is 0 Å². The molecule has 25 heavy (non-hydrogen) atoms. The first-order valence-electron chi connectivity index (χ1n) is 9.36. The van der Waals surface area contributed by atoms with Crippen LogP contribution < -0.4 is 0 Å². The van der Waals surface area contributed by atoms with E-state index in [2.05, 4.69) is 19.6 Å². The van der Waals surface area contributed by atoms with E-state index in [-0.39, 0.29) is 23.3 Å². The number of methoxy groups -OCH3 is 1. The third-order valence-electron chi connectivity index (χ3n) is 5.19. The van der Waals surface area contributed by atoms with E-state index in [1.165, 1.54) is 5.57 Å². The highest BCUT2D eigenvalue weighted by Crippen LogP contribution is 2.46. The van der Waals surface area contributed by atoms with E-state index in [9.17, 15) is 10.2 Å². The molecular formula is C22H32O3. The van der Waals surface area contributed by atoms with Crippen LogP contribution in [0.1, 0.15) is 63.0 Å². The lowest BCUT2D eigenvalue weighted by Crippen LogP contribution is -2.19. The Labute approximate surface area is 152 Å². The van der Waals surface area contributed by atoms with Crippen LogP contribution in [0.4, 0.5) is 0 Å². The zero-order valence-electron chi connectivity index (χ0n) is 15.8. The molecule has 0 heterocycles. The van der Waals surface area contributed by atoms with Crippen molar-refractivity contribution >= 4 is 0 Å². The molecule has 1 aliphatic rings. The fourth-order valence-electron chi connectivity index (χ4n) is 3.86. The Hall–Kier alpha value is -1.74. The quantitative estimate of drug-likeness (QED) is 0.485. The highest BCUT2D eigenvalue weighted by atomic mass is 16.5. The van der Waals surface area contributed by atoms with Gasteiger partial charge in [-0.25, -0.2) is 0 Å². The highest BCUT2D eigenvalue weighted by Gasteiger charge is 2.30. The molecule has 0 aromatic heterocycles. The number of aryl methyl sites for hydroxylation is 1. The summed E-state index contributed by atoms with van der Waals surface area (Å²) in [7, 11) is 1.70. The molecule has 2 atom stereocenters. The van der Waals surface area contributed by atoms with Crippen LogP contribution >= 0.6 is 0 Å². The van der Waals surface area contributed by atoms with E-state index >= 15 is 0 Å². The largest absolute Gasteiger partial charge is 0.507 e. The second-order valence-corrected chi connectivity index (χ2v) is 7.28. The molecule has 0 saturated carbocycles. The fraction of sp³-hybridized carbons (Fsp3) is 0.545. The SMILES string of the molecule is C=C(C)[C@@H]1CCC(COC)=C[C@H]1c1c(O)cc(CCCCC)cc1O. The number of rotatable bonds is 8. The molecule has 1 aliphatic carbocycles. The zero-order valence-corrected chi connectivity index (χ0v) is 15.8. The van der Waals surface area contributed by atoms with Crippen LogP contribution in [0, 0.1) is 5.92 Å². The molecule has 0 unspecified atom stereocenters. The number of aromatic hydroxyl groups is 2. The molecule has 0 saturated heterocycles. The van der Waals surface area contributed by atoms with Crippen LogP contribution in [-0.2, 0) is 11.2 Å². The van der Waals surface area contributed by atoms with Crippen LogP contribution in [-0.4, -0.2) is 23.9 Å². The number of benzene rings is 1. The normalized spacial score (nSPS) is 20.4. The maximum Gasteiger partial charge on any atom is 0.123 e. The van der Waals surface area contributed by atoms with Crippen molar-refractivity contribution in [1.82, 2.24) is 0 Å². The molecule has 0 radical (unpaired) electrons. The maximum atomic E-state index is 10.6. The third-order valence-corrected chi connectivity index (χ3v) is 5.19. The van der Waals surface area contributed by atoms with Gasteiger partial charge in [0.15, 0.2) is 0 Å². The van der Waals surface area contributed by atoms with Crippen molar-refractivity contribution in [2.75, 3.05) is 13.7 Å². The average molecular weight is 344 g/mol. The summed E-state index contributed by atoms with van der Waals surface area (Å²) < 4.78 is 5.28. The van der Waals surface area contributed by atoms with Gasteiger partial charge in [-0.15, -0.1) is 0 Å². The van der Waals surface area contributed by atoms with Gasteiger partial charge in [-0.2, -0.15) is 0 Å². The monoisotopic (exact) mass is 344 g/mol. The molecule has 0 fully saturated rings. The molecule has 3 nitrogen and oxygen atoms in total. The minimum atomic E-state index is -0.0545. The van der Waals surface area contributed by atoms with Crippen molar-refractivity contribution in [1.29, 1.82) is 0 Å². The number of unbranched alkanes of at least 4 members (excludes halogenated alkanes) is 2. The van der Waals surface area contributed by atoms with Crippen LogP contribution in [0.25, 0.3) is 0 Å². The van der Waals surface area contributed by atoms with Crippen molar-refractivity contribution in [2.45, 2.75) is 58.3 Å². The van der Waals surface area contributed by atoms with Crippen molar-refractivity contribution in [2.24, 2.45) is 5.92 Å². The van der Waals surface area contributed by atoms with Crippen molar-refractivity contribution in [3.63, 3.8) is 0 Å². The minimum absolute atomic E-state index is 0.0545. The van der Waals surface area contributed by atoms with E-state index in [4.69, 9.17) is 4.74 Å². The van der Waals surface area contributed by atoms with Crippen molar-refractivity contribution < 1.29 is 14.9 Å². The number of phenolic OH excluding ortho intramolecular Hbond substituents is 2. The Morgan fingerprint density at radius 3 is 2.48 bits per heavy atom. The molecule has 1 aromatic rings. The summed E-state index contributed by atoms with van der Waals surface area (Å²) in [5, 5.41) is 21.3. The fourth-order valence-corrected chi connectivity index (χ4v) is 3.86. The number of hydrogen-bond acceptors (Lipinski definition) is 3. The van der Waals surface area contributed by atoms with Gasteiger partial charge in [0.05, 0.1) is 6.61 Å². The first-order chi connectivity index (χ1) is 12.0. The van der Waals surface area contributed by atoms with Gasteiger partial charge >= 0.3 is 0 Å². The molecule has 2 rings (SSSR count). The molecule has 0 spiro atoms. The third kappa shape index (κ3) is 4.88. The molecule has 0 bridgehead atoms. The van der Waals surface area contributed by atoms with Crippen LogP contribution in [0.5, 0.6) is 11.5 Å². The predicted molar refractivity (Wildman–Crippen MR) is 103 cm³/mol. The van der Waals surface area contributed by atoms with Gasteiger partial charge < -0.3 is 14.9 Å². The van der Waals surface area contributed by atoms with Gasteiger partial charge in [-0.3, -0.25) is 0 Å². The first-order valence-corrected chi connectivity index (χ1v) is 9.36. The van der Waals surface area contributed by atoms with Gasteiger partial charge in [-0.05, 0) is 61.8 Å². The Morgan fingerprint density at radius 1 is 1.24 bits per heavy atom. The molecule has 2 N–H and O–H groups in total. The van der Waals surface area contributed by atoms with Gasteiger partial charge in [0, 0.05) is 18.6 Å². The van der Waals surface area contributed by atoms with E-state index < -0.39 is 0 Å². The second kappa shape index (κ2) is 9.10. The van der Waals surface area contributed by atoms with Crippen LogP contribution in [0.2, 0.25) is 0 Å². The average Bonchev–Trinajstić information content (AvgIpc) is 2.55. The summed E-state index contributed by atoms with van der Waals surface area (Å²) in [6.45, 7) is 8.92. The Morgan fingerprint density at radius 2 is 1.92 bits per heavy atom. The number of hydrogen-bond donors (Lipinski definition) is 2. The maximum absolute atomic E-state index is 10.6. The standard InChI is InChI=1S/C22H32O3/c1-5-6-7-8-16-12-20(23)22(21(24)13-16)19-11-17(14-25-4)9-10-18(19)15(2)3/h11-13,18-19,23-24H,2,5-10,14H2,1,3-4H3/t18-,19+/m0/s1. The van der Waals surface area contributed by atoms with Crippen LogP contribution in [0.15, 0.2) is 35.9 Å². The minimum Gasteiger partial charge on any atom is -0.507 e. The second-order valence-electron chi connectivity index (χ2n) is 7.28. The molecule has 3 heteroatoms. The zero-order chi connectivity index (χ0) is 18.4. The van der Waals surface area contributed by atoms with E-state index in [1.54, 1.807) is 7.11 Å². The highest BCUT2D eigenvalue weighted by molar-refractivity contribution is 5.52. The van der Waals surface area contributed by atoms with E-state index in [0.717, 1.165) is 49.7 Å². The molecule has 1 aromatic carbocycles. The number of ether oxygens (including phenoxy) is 1. The number of phenols is 2. The lowest BCUT2D eigenvalue weighted by Gasteiger charge is -2.32. The smallest absolute Gasteiger partial charge is 0.123 e. The summed E-state index contributed by atoms with van der Waals surface area (Å²) in [6.07, 6.45) is 8.36. The van der Waals surface area contributed by atoms with Gasteiger partial charge in [0.1, 0.15) is 11.5 Å². The van der Waals surface area contributed by atoms with Crippen molar-refractivity contribution in [3.05, 3.63) is 47.1 Å². The summed E-state index contributed by atoms with van der Waals surface area (Å²) in [4.78, 5) is 0. The molecular weight excluding hydrogens is 312 g/mol. The summed E-state index contributed by atoms with van der Waals surface area (Å²) in [5.74, 6) is 0.555. The summed E-state index contributed by atoms with van der Waals surface area (Å²) in [6, 6.07) is 3.64. The lowest BCUT2D eigenvalue weighted by molar-refractivity contribution is 0.218. The van der Waals surface area contributed by atoms with E-state index in [1.807, 2.05) is 19.1 Å². The lowest BCUT2D eigenvalue weighted by atomic mass is 9.73. The van der Waals surface area contributed by atoms with Gasteiger partial charge in [-0.1, -0.05) is 38.0 Å². The summed E-state index contributed by atoms with van der Waals surface area (Å²) >= 11 is 0. The first kappa shape index (κ1) is 19.6. The molecule has 138 valence electrons. The molecule has 0 aliphatic heterocycles. The predicted octanol–water partition coefficient (Wildman–Crippen LogP) is 5.47. The Kier molecular flexibility index (Phi) is 7.12. The van der Waals surface area contributed by atoms with Gasteiger partial charge in [0.25, 0.3) is 0 Å². The van der Waals surface area contributed by atoms with E-state index in [0.29, 0.717) is 12.2 Å². The Bertz CT molecular complexity index is 607. The summed E-state index contributed by atoms with van der Waals surface area (Å²) in [5.41, 5.74) is 3.93. The van der Waals surface area contributed by atoms with Crippen molar-refractivity contribution in [3.8, 4) is 11.5 Å². The Balaban J connectivity index is 2.35. The molecule has 0 amide bonds. The number of allylic oxidation sites excluding steroid dienone is 2. The topological polar surface area (TPSA) is 49.7 Å². The van der Waals surface area contributed by atoms with Gasteiger partial charge in [0.2, 0.25) is 0 Å².